The molecular formula is C18H12F3N3S. The SMILES string of the molecule is Cc1ccc(-c2nc3sc(C(F)(F)F)nn3c2-c2ccccc2)cc1. The van der Waals surface area contributed by atoms with Gasteiger partial charge >= 0.3 is 6.18 Å². The molecule has 2 aromatic carbocycles. The third kappa shape index (κ3) is 2.80. The summed E-state index contributed by atoms with van der Waals surface area (Å²) in [5.74, 6) is 0. The molecule has 0 aliphatic carbocycles. The van der Waals surface area contributed by atoms with E-state index in [1.165, 1.54) is 4.52 Å². The highest BCUT2D eigenvalue weighted by Gasteiger charge is 2.36. The summed E-state index contributed by atoms with van der Waals surface area (Å²) in [5.41, 5.74) is 3.90. The van der Waals surface area contributed by atoms with E-state index in [9.17, 15) is 13.2 Å². The minimum absolute atomic E-state index is 0.224. The van der Waals surface area contributed by atoms with Crippen molar-refractivity contribution in [1.29, 1.82) is 0 Å². The highest BCUT2D eigenvalue weighted by Crippen LogP contribution is 2.38. The van der Waals surface area contributed by atoms with Gasteiger partial charge in [-0.3, -0.25) is 0 Å². The first-order valence-electron chi connectivity index (χ1n) is 7.53. The van der Waals surface area contributed by atoms with Crippen LogP contribution in [0.1, 0.15) is 10.6 Å². The van der Waals surface area contributed by atoms with Crippen LogP contribution in [0.5, 0.6) is 0 Å². The molecule has 0 saturated carbocycles. The summed E-state index contributed by atoms with van der Waals surface area (Å²) < 4.78 is 40.3. The predicted molar refractivity (Wildman–Crippen MR) is 91.5 cm³/mol. The van der Waals surface area contributed by atoms with E-state index in [0.717, 1.165) is 16.7 Å². The zero-order valence-electron chi connectivity index (χ0n) is 13.1. The Balaban J connectivity index is 1.99. The quantitative estimate of drug-likeness (QED) is 0.476. The van der Waals surface area contributed by atoms with E-state index in [4.69, 9.17) is 0 Å². The molecule has 0 amide bonds. The molecule has 4 rings (SSSR count). The molecule has 0 aliphatic rings. The van der Waals surface area contributed by atoms with Crippen LogP contribution in [-0.2, 0) is 6.18 Å². The number of aryl methyl sites for hydroxylation is 1. The summed E-state index contributed by atoms with van der Waals surface area (Å²) >= 11 is 0.547. The average molecular weight is 359 g/mol. The van der Waals surface area contributed by atoms with Gasteiger partial charge in [0, 0.05) is 11.1 Å². The van der Waals surface area contributed by atoms with Crippen LogP contribution in [0, 0.1) is 6.92 Å². The summed E-state index contributed by atoms with van der Waals surface area (Å²) in [7, 11) is 0. The summed E-state index contributed by atoms with van der Waals surface area (Å²) in [6.07, 6.45) is -4.48. The maximum absolute atomic E-state index is 13.0. The van der Waals surface area contributed by atoms with Gasteiger partial charge in [0.2, 0.25) is 9.97 Å². The summed E-state index contributed by atoms with van der Waals surface area (Å²) in [5, 5.41) is 2.87. The lowest BCUT2D eigenvalue weighted by atomic mass is 10.0. The topological polar surface area (TPSA) is 30.2 Å². The normalized spacial score (nSPS) is 12.0. The number of fused-ring (bicyclic) bond motifs is 1. The number of rotatable bonds is 2. The molecule has 0 aliphatic heterocycles. The highest BCUT2D eigenvalue weighted by atomic mass is 32.1. The molecule has 0 bridgehead atoms. The molecule has 2 heterocycles. The Bertz CT molecular complexity index is 1030. The van der Waals surface area contributed by atoms with Crippen LogP contribution in [0.15, 0.2) is 54.6 Å². The second-order valence-electron chi connectivity index (χ2n) is 5.64. The van der Waals surface area contributed by atoms with Crippen molar-refractivity contribution in [3.05, 3.63) is 65.2 Å². The standard InChI is InChI=1S/C18H12F3N3S/c1-11-7-9-12(10-8-11)14-15(13-5-3-2-4-6-13)24-17(22-14)25-16(23-24)18(19,20)21/h2-10H,1H3. The fourth-order valence-electron chi connectivity index (χ4n) is 2.63. The minimum Gasteiger partial charge on any atom is -0.217 e. The first kappa shape index (κ1) is 15.8. The van der Waals surface area contributed by atoms with Gasteiger partial charge in [0.05, 0.1) is 0 Å². The number of alkyl halides is 3. The van der Waals surface area contributed by atoms with Gasteiger partial charge in [-0.05, 0) is 6.92 Å². The number of imidazole rings is 1. The van der Waals surface area contributed by atoms with Crippen molar-refractivity contribution in [2.45, 2.75) is 13.1 Å². The molecule has 2 aromatic heterocycles. The number of benzene rings is 2. The van der Waals surface area contributed by atoms with Crippen LogP contribution in [-0.4, -0.2) is 14.6 Å². The van der Waals surface area contributed by atoms with Crippen LogP contribution in [0.4, 0.5) is 13.2 Å². The van der Waals surface area contributed by atoms with Crippen molar-refractivity contribution in [2.75, 3.05) is 0 Å². The van der Waals surface area contributed by atoms with Crippen LogP contribution < -0.4 is 0 Å². The molecule has 7 heteroatoms. The third-order valence-electron chi connectivity index (χ3n) is 3.82. The van der Waals surface area contributed by atoms with E-state index in [2.05, 4.69) is 10.1 Å². The van der Waals surface area contributed by atoms with Gasteiger partial charge in [-0.15, -0.1) is 5.10 Å². The molecule has 25 heavy (non-hydrogen) atoms. The third-order valence-corrected chi connectivity index (χ3v) is 4.77. The second kappa shape index (κ2) is 5.70. The molecule has 0 radical (unpaired) electrons. The van der Waals surface area contributed by atoms with Crippen molar-refractivity contribution in [3.8, 4) is 22.5 Å². The van der Waals surface area contributed by atoms with Gasteiger partial charge < -0.3 is 0 Å². The van der Waals surface area contributed by atoms with Crippen LogP contribution in [0.25, 0.3) is 27.5 Å². The van der Waals surface area contributed by atoms with Gasteiger partial charge in [0.15, 0.2) is 0 Å². The van der Waals surface area contributed by atoms with Gasteiger partial charge in [0.1, 0.15) is 11.4 Å². The van der Waals surface area contributed by atoms with E-state index in [1.54, 1.807) is 0 Å². The Hall–Kier alpha value is -2.67. The first-order valence-corrected chi connectivity index (χ1v) is 8.34. The van der Waals surface area contributed by atoms with E-state index < -0.39 is 11.2 Å². The lowest BCUT2D eigenvalue weighted by molar-refractivity contribution is -0.138. The van der Waals surface area contributed by atoms with Gasteiger partial charge in [-0.1, -0.05) is 71.5 Å². The predicted octanol–water partition coefficient (Wildman–Crippen LogP) is 5.45. The number of aromatic nitrogens is 3. The van der Waals surface area contributed by atoms with E-state index >= 15 is 0 Å². The largest absolute Gasteiger partial charge is 0.445 e. The molecule has 0 fully saturated rings. The first-order chi connectivity index (χ1) is 11.9. The Kier molecular flexibility index (Phi) is 3.61. The zero-order chi connectivity index (χ0) is 17.6. The molecule has 4 aromatic rings. The molecule has 0 atom stereocenters. The van der Waals surface area contributed by atoms with Crippen LogP contribution in [0.3, 0.4) is 0 Å². The molecule has 0 spiro atoms. The Morgan fingerprint density at radius 3 is 2.24 bits per heavy atom. The number of hydrogen-bond acceptors (Lipinski definition) is 3. The number of halogens is 3. The minimum atomic E-state index is -4.48. The van der Waals surface area contributed by atoms with Crippen molar-refractivity contribution in [1.82, 2.24) is 14.6 Å². The summed E-state index contributed by atoms with van der Waals surface area (Å²) in [6.45, 7) is 1.98. The smallest absolute Gasteiger partial charge is 0.217 e. The van der Waals surface area contributed by atoms with E-state index in [1.807, 2.05) is 61.5 Å². The van der Waals surface area contributed by atoms with E-state index in [0.29, 0.717) is 22.7 Å². The fraction of sp³-hybridized carbons (Fsp3) is 0.111. The van der Waals surface area contributed by atoms with E-state index in [-0.39, 0.29) is 4.96 Å². The second-order valence-corrected chi connectivity index (χ2v) is 6.60. The number of nitrogens with zero attached hydrogens (tertiary/aromatic N) is 3. The van der Waals surface area contributed by atoms with Gasteiger partial charge in [-0.25, -0.2) is 9.50 Å². The lowest BCUT2D eigenvalue weighted by Crippen LogP contribution is -2.05. The monoisotopic (exact) mass is 359 g/mol. The maximum Gasteiger partial charge on any atom is 0.445 e. The fourth-order valence-corrected chi connectivity index (χ4v) is 3.40. The average Bonchev–Trinajstić information content (AvgIpc) is 3.14. The number of hydrogen-bond donors (Lipinski definition) is 0. The summed E-state index contributed by atoms with van der Waals surface area (Å²) in [4.78, 5) is 4.67. The molecule has 0 unspecified atom stereocenters. The Morgan fingerprint density at radius 1 is 0.920 bits per heavy atom. The molecular weight excluding hydrogens is 347 g/mol. The van der Waals surface area contributed by atoms with Crippen molar-refractivity contribution >= 4 is 16.3 Å². The summed E-state index contributed by atoms with van der Waals surface area (Å²) in [6, 6.07) is 16.9. The van der Waals surface area contributed by atoms with Crippen molar-refractivity contribution in [3.63, 3.8) is 0 Å². The lowest BCUT2D eigenvalue weighted by Gasteiger charge is -2.05. The van der Waals surface area contributed by atoms with Crippen molar-refractivity contribution < 1.29 is 13.2 Å². The van der Waals surface area contributed by atoms with Crippen LogP contribution in [0.2, 0.25) is 0 Å². The molecule has 3 nitrogen and oxygen atoms in total. The zero-order valence-corrected chi connectivity index (χ0v) is 13.9. The molecule has 126 valence electrons. The Morgan fingerprint density at radius 2 is 1.60 bits per heavy atom. The van der Waals surface area contributed by atoms with Crippen LogP contribution >= 0.6 is 11.3 Å². The highest BCUT2D eigenvalue weighted by molar-refractivity contribution is 7.16. The maximum atomic E-state index is 13.0. The van der Waals surface area contributed by atoms with Gasteiger partial charge in [-0.2, -0.15) is 13.2 Å². The Labute approximate surface area is 145 Å². The molecule has 0 N–H and O–H groups in total. The van der Waals surface area contributed by atoms with Crippen molar-refractivity contribution in [2.24, 2.45) is 0 Å². The van der Waals surface area contributed by atoms with Gasteiger partial charge in [0.25, 0.3) is 0 Å². The molecule has 0 saturated heterocycles.